The van der Waals surface area contributed by atoms with Crippen LogP contribution in [0.5, 0.6) is 0 Å². The number of aliphatic hydroxyl groups excluding tert-OH is 1. The molecule has 3 amide bonds. The van der Waals surface area contributed by atoms with Crippen LogP contribution in [0.1, 0.15) is 76.6 Å². The molecule has 0 aliphatic rings. The summed E-state index contributed by atoms with van der Waals surface area (Å²) in [6, 6.07) is 14.9. The first-order valence-corrected chi connectivity index (χ1v) is 13.9. The predicted octanol–water partition coefficient (Wildman–Crippen LogP) is 4.55. The first-order valence-electron chi connectivity index (χ1n) is 13.9. The van der Waals surface area contributed by atoms with E-state index in [1.807, 2.05) is 61.5 Å². The summed E-state index contributed by atoms with van der Waals surface area (Å²) in [5.74, 6) is -0.806. The fourth-order valence-electron chi connectivity index (χ4n) is 4.27. The van der Waals surface area contributed by atoms with E-state index < -0.39 is 29.7 Å². The second-order valence-electron chi connectivity index (χ2n) is 10.6. The van der Waals surface area contributed by atoms with E-state index >= 15 is 0 Å². The lowest BCUT2D eigenvalue weighted by molar-refractivity contribution is -0.143. The first kappa shape index (κ1) is 31.8. The highest BCUT2D eigenvalue weighted by Gasteiger charge is 2.36. The van der Waals surface area contributed by atoms with Gasteiger partial charge in [0.25, 0.3) is 0 Å². The Morgan fingerprint density at radius 1 is 0.949 bits per heavy atom. The molecule has 8 heteroatoms. The first-order chi connectivity index (χ1) is 18.6. The number of carbonyl (C=O) groups excluding carboxylic acids is 3. The van der Waals surface area contributed by atoms with Crippen LogP contribution in [0.15, 0.2) is 54.6 Å². The molecular formula is C31H45N3O5. The normalized spacial score (nSPS) is 12.8. The molecule has 0 aromatic heterocycles. The van der Waals surface area contributed by atoms with Gasteiger partial charge in [0.1, 0.15) is 17.7 Å². The number of nitrogens with zero attached hydrogens (tertiary/aromatic N) is 1. The number of amides is 3. The van der Waals surface area contributed by atoms with E-state index in [1.54, 1.807) is 20.8 Å². The molecule has 2 rings (SSSR count). The van der Waals surface area contributed by atoms with Crippen LogP contribution in [0.4, 0.5) is 4.79 Å². The van der Waals surface area contributed by atoms with Crippen LogP contribution >= 0.6 is 0 Å². The number of ether oxygens (including phenoxy) is 1. The van der Waals surface area contributed by atoms with Gasteiger partial charge in [-0.25, -0.2) is 4.79 Å². The lowest BCUT2D eigenvalue weighted by Gasteiger charge is -2.34. The van der Waals surface area contributed by atoms with Crippen molar-refractivity contribution in [3.63, 3.8) is 0 Å². The summed E-state index contributed by atoms with van der Waals surface area (Å²) in [5.41, 5.74) is 1.83. The number of hydrogen-bond acceptors (Lipinski definition) is 5. The smallest absolute Gasteiger partial charge is 0.408 e. The van der Waals surface area contributed by atoms with Crippen LogP contribution in [-0.2, 0) is 27.2 Å². The second kappa shape index (κ2) is 15.9. The lowest BCUT2D eigenvalue weighted by Crippen LogP contribution is -2.54. The van der Waals surface area contributed by atoms with Crippen molar-refractivity contribution in [1.82, 2.24) is 15.5 Å². The molecule has 2 aromatic carbocycles. The molecule has 8 nitrogen and oxygen atoms in total. The highest BCUT2D eigenvalue weighted by Crippen LogP contribution is 2.24. The van der Waals surface area contributed by atoms with Crippen LogP contribution in [0.2, 0.25) is 0 Å². The zero-order valence-electron chi connectivity index (χ0n) is 24.0. The number of alkyl carbamates (subject to hydrolysis) is 1. The van der Waals surface area contributed by atoms with Crippen LogP contribution in [0, 0.1) is 0 Å². The maximum Gasteiger partial charge on any atom is 0.408 e. The van der Waals surface area contributed by atoms with E-state index in [4.69, 9.17) is 4.74 Å². The second-order valence-corrected chi connectivity index (χ2v) is 10.6. The fraction of sp³-hybridized carbons (Fsp3) is 0.516. The molecule has 39 heavy (non-hydrogen) atoms. The third-order valence-electron chi connectivity index (χ3n) is 6.24. The number of nitrogens with one attached hydrogen (secondary N) is 2. The number of unbranched alkanes of at least 4 members (excludes halogenated alkanes) is 2. The van der Waals surface area contributed by atoms with Gasteiger partial charge in [-0.15, -0.1) is 0 Å². The van der Waals surface area contributed by atoms with Gasteiger partial charge in [-0.2, -0.15) is 0 Å². The zero-order valence-corrected chi connectivity index (χ0v) is 24.0. The Kier molecular flexibility index (Phi) is 13.0. The summed E-state index contributed by atoms with van der Waals surface area (Å²) in [7, 11) is 0. The number of hydrogen-bond donors (Lipinski definition) is 3. The minimum atomic E-state index is -1.01. The lowest BCUT2D eigenvalue weighted by atomic mass is 9.99. The van der Waals surface area contributed by atoms with Crippen molar-refractivity contribution in [3.8, 4) is 0 Å². The number of benzene rings is 2. The zero-order chi connectivity index (χ0) is 28.8. The quantitative estimate of drug-likeness (QED) is 0.305. The van der Waals surface area contributed by atoms with Crippen LogP contribution in [0.25, 0.3) is 0 Å². The molecule has 3 N–H and O–H groups in total. The standard InChI is InChI=1S/C31H45N3O5/c1-6-8-12-19-32-28(36)27(25-17-15-23(7-2)16-18-25)34(20-21-35)29(37)26(22-24-13-10-9-11-14-24)33-30(38)39-31(3,4)5/h9-11,13-18,26-27,35H,6-8,12,19-22H2,1-5H3,(H,32,36)(H,33,38). The average molecular weight is 540 g/mol. The van der Waals surface area contributed by atoms with Gasteiger partial charge < -0.3 is 25.4 Å². The van der Waals surface area contributed by atoms with Gasteiger partial charge in [0.05, 0.1) is 6.61 Å². The maximum atomic E-state index is 14.1. The van der Waals surface area contributed by atoms with Gasteiger partial charge in [0.2, 0.25) is 11.8 Å². The molecule has 214 valence electrons. The Morgan fingerprint density at radius 2 is 1.62 bits per heavy atom. The van der Waals surface area contributed by atoms with E-state index in [1.165, 1.54) is 4.90 Å². The molecule has 2 aromatic rings. The highest BCUT2D eigenvalue weighted by atomic mass is 16.6. The van der Waals surface area contributed by atoms with Gasteiger partial charge in [0, 0.05) is 19.5 Å². The van der Waals surface area contributed by atoms with Crippen molar-refractivity contribution in [2.45, 2.75) is 84.4 Å². The van der Waals surface area contributed by atoms with Crippen molar-refractivity contribution in [2.24, 2.45) is 0 Å². The van der Waals surface area contributed by atoms with E-state index in [-0.39, 0.29) is 25.5 Å². The SMILES string of the molecule is CCCCCNC(=O)C(c1ccc(CC)cc1)N(CCO)C(=O)C(Cc1ccccc1)NC(=O)OC(C)(C)C. The van der Waals surface area contributed by atoms with Gasteiger partial charge in [0.15, 0.2) is 0 Å². The summed E-state index contributed by atoms with van der Waals surface area (Å²) in [6.07, 6.45) is 3.13. The van der Waals surface area contributed by atoms with Crippen molar-refractivity contribution < 1.29 is 24.2 Å². The van der Waals surface area contributed by atoms with Crippen LogP contribution in [0.3, 0.4) is 0 Å². The Morgan fingerprint density at radius 3 is 2.18 bits per heavy atom. The molecule has 0 fully saturated rings. The number of aryl methyl sites for hydroxylation is 1. The van der Waals surface area contributed by atoms with Crippen molar-refractivity contribution in [2.75, 3.05) is 19.7 Å². The van der Waals surface area contributed by atoms with Crippen molar-refractivity contribution >= 4 is 17.9 Å². The molecule has 0 aliphatic heterocycles. The molecule has 0 aliphatic carbocycles. The number of carbonyl (C=O) groups is 3. The molecule has 2 unspecified atom stereocenters. The third-order valence-corrected chi connectivity index (χ3v) is 6.24. The largest absolute Gasteiger partial charge is 0.444 e. The molecule has 0 saturated heterocycles. The summed E-state index contributed by atoms with van der Waals surface area (Å²) >= 11 is 0. The number of rotatable bonds is 14. The number of aliphatic hydroxyl groups is 1. The molecule has 2 atom stereocenters. The molecular weight excluding hydrogens is 494 g/mol. The summed E-state index contributed by atoms with van der Waals surface area (Å²) in [6.45, 7) is 9.44. The predicted molar refractivity (Wildman–Crippen MR) is 153 cm³/mol. The minimum Gasteiger partial charge on any atom is -0.444 e. The summed E-state index contributed by atoms with van der Waals surface area (Å²) in [5, 5.41) is 15.7. The van der Waals surface area contributed by atoms with E-state index in [2.05, 4.69) is 17.6 Å². The Balaban J connectivity index is 2.46. The monoisotopic (exact) mass is 539 g/mol. The van der Waals surface area contributed by atoms with Crippen molar-refractivity contribution in [1.29, 1.82) is 0 Å². The van der Waals surface area contributed by atoms with Crippen LogP contribution in [-0.4, -0.2) is 59.3 Å². The molecule has 0 radical (unpaired) electrons. The fourth-order valence-corrected chi connectivity index (χ4v) is 4.27. The Labute approximate surface area is 233 Å². The minimum absolute atomic E-state index is 0.0807. The van der Waals surface area contributed by atoms with Gasteiger partial charge in [-0.05, 0) is 50.3 Å². The Hall–Kier alpha value is -3.39. The topological polar surface area (TPSA) is 108 Å². The molecule has 0 spiro atoms. The maximum absolute atomic E-state index is 14.1. The van der Waals surface area contributed by atoms with E-state index in [9.17, 15) is 19.5 Å². The average Bonchev–Trinajstić information content (AvgIpc) is 2.90. The molecule has 0 saturated carbocycles. The third kappa shape index (κ3) is 10.7. The van der Waals surface area contributed by atoms with Crippen molar-refractivity contribution in [3.05, 3.63) is 71.3 Å². The molecule has 0 bridgehead atoms. The summed E-state index contributed by atoms with van der Waals surface area (Å²) in [4.78, 5) is 41.8. The van der Waals surface area contributed by atoms with Gasteiger partial charge in [-0.3, -0.25) is 9.59 Å². The highest BCUT2D eigenvalue weighted by molar-refractivity contribution is 5.92. The van der Waals surface area contributed by atoms with Gasteiger partial charge in [-0.1, -0.05) is 81.3 Å². The van der Waals surface area contributed by atoms with E-state index in [0.717, 1.165) is 36.8 Å². The molecule has 0 heterocycles. The Bertz CT molecular complexity index is 1030. The summed E-state index contributed by atoms with van der Waals surface area (Å²) < 4.78 is 5.44. The van der Waals surface area contributed by atoms with Crippen LogP contribution < -0.4 is 10.6 Å². The van der Waals surface area contributed by atoms with E-state index in [0.29, 0.717) is 12.1 Å². The van der Waals surface area contributed by atoms with Gasteiger partial charge >= 0.3 is 6.09 Å².